The topological polar surface area (TPSA) is 49.3 Å². The summed E-state index contributed by atoms with van der Waals surface area (Å²) in [4.78, 5) is 12.6. The molecule has 0 radical (unpaired) electrons. The van der Waals surface area contributed by atoms with Gasteiger partial charge in [0.1, 0.15) is 6.54 Å². The number of carbonyl (C=O) groups excluding carboxylic acids is 1. The van der Waals surface area contributed by atoms with Crippen LogP contribution in [0.25, 0.3) is 10.9 Å². The molecule has 3 rings (SSSR count). The number of anilines is 1. The SMILES string of the molecule is CN1CCC(Nc2cccc3c2cc(C#CCNC=O)n3CC(F)(F)F)CC1. The van der Waals surface area contributed by atoms with Gasteiger partial charge in [-0.15, -0.1) is 0 Å². The van der Waals surface area contributed by atoms with Gasteiger partial charge in [-0.3, -0.25) is 4.79 Å². The van der Waals surface area contributed by atoms with Crippen LogP contribution >= 0.6 is 0 Å². The summed E-state index contributed by atoms with van der Waals surface area (Å²) >= 11 is 0. The van der Waals surface area contributed by atoms with Gasteiger partial charge >= 0.3 is 6.18 Å². The van der Waals surface area contributed by atoms with Crippen LogP contribution in [0.1, 0.15) is 18.5 Å². The minimum Gasteiger partial charge on any atom is -0.382 e. The predicted octanol–water partition coefficient (Wildman–Crippen LogP) is 2.81. The van der Waals surface area contributed by atoms with E-state index in [1.807, 2.05) is 6.07 Å². The molecule has 8 heteroatoms. The van der Waals surface area contributed by atoms with E-state index in [2.05, 4.69) is 34.4 Å². The van der Waals surface area contributed by atoms with Crippen LogP contribution in [0.2, 0.25) is 0 Å². The second kappa shape index (κ2) is 8.57. The highest BCUT2D eigenvalue weighted by molar-refractivity contribution is 5.94. The zero-order valence-electron chi connectivity index (χ0n) is 15.6. The number of carbonyl (C=O) groups is 1. The van der Waals surface area contributed by atoms with Gasteiger partial charge in [-0.1, -0.05) is 12.0 Å². The lowest BCUT2D eigenvalue weighted by molar-refractivity contribution is -0.140. The molecule has 2 aromatic rings. The number of piperidine rings is 1. The van der Waals surface area contributed by atoms with Gasteiger partial charge in [-0.05, 0) is 57.1 Å². The van der Waals surface area contributed by atoms with Crippen LogP contribution in [-0.4, -0.2) is 54.8 Å². The molecular formula is C20H23F3N4O. The van der Waals surface area contributed by atoms with Crippen LogP contribution in [0.5, 0.6) is 0 Å². The molecule has 0 spiro atoms. The molecule has 1 aromatic carbocycles. The van der Waals surface area contributed by atoms with Gasteiger partial charge < -0.3 is 20.1 Å². The fourth-order valence-corrected chi connectivity index (χ4v) is 3.46. The minimum atomic E-state index is -4.36. The first-order valence-corrected chi connectivity index (χ1v) is 9.17. The number of likely N-dealkylation sites (tertiary alicyclic amines) is 1. The first-order valence-electron chi connectivity index (χ1n) is 9.17. The quantitative estimate of drug-likeness (QED) is 0.467. The van der Waals surface area contributed by atoms with Crippen molar-refractivity contribution in [3.63, 3.8) is 0 Å². The van der Waals surface area contributed by atoms with Crippen molar-refractivity contribution in [2.45, 2.75) is 31.6 Å². The normalized spacial score (nSPS) is 15.9. The summed E-state index contributed by atoms with van der Waals surface area (Å²) < 4.78 is 40.6. The molecule has 1 aliphatic heterocycles. The number of aromatic nitrogens is 1. The average Bonchev–Trinajstić information content (AvgIpc) is 2.98. The molecule has 5 nitrogen and oxygen atoms in total. The highest BCUT2D eigenvalue weighted by Crippen LogP contribution is 2.31. The van der Waals surface area contributed by atoms with Crippen LogP contribution in [0.3, 0.4) is 0 Å². The number of hydrogen-bond donors (Lipinski definition) is 2. The van der Waals surface area contributed by atoms with Gasteiger partial charge in [0.25, 0.3) is 0 Å². The van der Waals surface area contributed by atoms with E-state index in [1.54, 1.807) is 18.2 Å². The Balaban J connectivity index is 1.95. The summed E-state index contributed by atoms with van der Waals surface area (Å²) in [5, 5.41) is 6.60. The molecule has 150 valence electrons. The van der Waals surface area contributed by atoms with E-state index in [0.717, 1.165) is 37.0 Å². The second-order valence-electron chi connectivity index (χ2n) is 6.99. The van der Waals surface area contributed by atoms with E-state index in [9.17, 15) is 18.0 Å². The fraction of sp³-hybridized carbons (Fsp3) is 0.450. The highest BCUT2D eigenvalue weighted by atomic mass is 19.4. The Morgan fingerprint density at radius 1 is 1.29 bits per heavy atom. The standard InChI is InChI=1S/C20H23F3N4O/c1-26-10-7-15(8-11-26)25-18-5-2-6-19-17(18)12-16(4-3-9-24-14-28)27(19)13-20(21,22)23/h2,5-6,12,14-15,25H,7-11,13H2,1H3,(H,24,28). The molecule has 1 aromatic heterocycles. The number of nitrogens with zero attached hydrogens (tertiary/aromatic N) is 2. The maximum atomic E-state index is 13.1. The Kier molecular flexibility index (Phi) is 6.15. The number of amides is 1. The van der Waals surface area contributed by atoms with Crippen molar-refractivity contribution < 1.29 is 18.0 Å². The van der Waals surface area contributed by atoms with E-state index >= 15 is 0 Å². The summed E-state index contributed by atoms with van der Waals surface area (Å²) in [5.74, 6) is 5.44. The van der Waals surface area contributed by atoms with Crippen LogP contribution in [0, 0.1) is 11.8 Å². The molecule has 1 amide bonds. The average molecular weight is 392 g/mol. The van der Waals surface area contributed by atoms with Crippen molar-refractivity contribution >= 4 is 23.0 Å². The summed E-state index contributed by atoms with van der Waals surface area (Å²) in [7, 11) is 2.08. The first-order chi connectivity index (χ1) is 13.4. The number of halogens is 3. The lowest BCUT2D eigenvalue weighted by Gasteiger charge is -2.30. The number of nitrogens with one attached hydrogen (secondary N) is 2. The molecule has 0 atom stereocenters. The van der Waals surface area contributed by atoms with Crippen molar-refractivity contribution in [1.82, 2.24) is 14.8 Å². The Bertz CT molecular complexity index is 886. The zero-order chi connectivity index (χ0) is 20.1. The molecule has 0 saturated carbocycles. The zero-order valence-corrected chi connectivity index (χ0v) is 15.6. The lowest BCUT2D eigenvalue weighted by atomic mass is 10.0. The molecule has 1 fully saturated rings. The molecular weight excluding hydrogens is 369 g/mol. The van der Waals surface area contributed by atoms with Gasteiger partial charge in [0.2, 0.25) is 6.41 Å². The number of hydrogen-bond acceptors (Lipinski definition) is 3. The highest BCUT2D eigenvalue weighted by Gasteiger charge is 2.30. The van der Waals surface area contributed by atoms with Crippen molar-refractivity contribution in [3.8, 4) is 11.8 Å². The molecule has 0 bridgehead atoms. The maximum Gasteiger partial charge on any atom is 0.406 e. The first kappa shape index (κ1) is 20.1. The van der Waals surface area contributed by atoms with E-state index in [-0.39, 0.29) is 12.2 Å². The van der Waals surface area contributed by atoms with Crippen molar-refractivity contribution in [1.29, 1.82) is 0 Å². The third kappa shape index (κ3) is 4.98. The molecule has 0 unspecified atom stereocenters. The number of fused-ring (bicyclic) bond motifs is 1. The Labute approximate surface area is 161 Å². The largest absolute Gasteiger partial charge is 0.406 e. The van der Waals surface area contributed by atoms with Crippen LogP contribution < -0.4 is 10.6 Å². The second-order valence-corrected chi connectivity index (χ2v) is 6.99. The third-order valence-corrected chi connectivity index (χ3v) is 4.85. The lowest BCUT2D eigenvalue weighted by Crippen LogP contribution is -2.36. The Morgan fingerprint density at radius 2 is 2.04 bits per heavy atom. The van der Waals surface area contributed by atoms with E-state index < -0.39 is 12.7 Å². The van der Waals surface area contributed by atoms with Crippen LogP contribution in [0.4, 0.5) is 18.9 Å². The predicted molar refractivity (Wildman–Crippen MR) is 103 cm³/mol. The smallest absolute Gasteiger partial charge is 0.382 e. The van der Waals surface area contributed by atoms with E-state index in [4.69, 9.17) is 0 Å². The maximum absolute atomic E-state index is 13.1. The minimum absolute atomic E-state index is 0.0811. The van der Waals surface area contributed by atoms with Crippen LogP contribution in [0.15, 0.2) is 24.3 Å². The van der Waals surface area contributed by atoms with Crippen LogP contribution in [-0.2, 0) is 11.3 Å². The van der Waals surface area contributed by atoms with Gasteiger partial charge in [0.15, 0.2) is 0 Å². The van der Waals surface area contributed by atoms with E-state index in [0.29, 0.717) is 18.0 Å². The fourth-order valence-electron chi connectivity index (χ4n) is 3.46. The molecule has 0 aliphatic carbocycles. The molecule has 2 N–H and O–H groups in total. The van der Waals surface area contributed by atoms with Gasteiger partial charge in [0.05, 0.1) is 17.8 Å². The number of alkyl halides is 3. The Morgan fingerprint density at radius 3 is 2.71 bits per heavy atom. The van der Waals surface area contributed by atoms with Crippen molar-refractivity contribution in [3.05, 3.63) is 30.0 Å². The van der Waals surface area contributed by atoms with Gasteiger partial charge in [-0.2, -0.15) is 13.2 Å². The van der Waals surface area contributed by atoms with Gasteiger partial charge in [0, 0.05) is 17.1 Å². The summed E-state index contributed by atoms with van der Waals surface area (Å²) in [5.41, 5.74) is 1.59. The van der Waals surface area contributed by atoms with Crippen molar-refractivity contribution in [2.24, 2.45) is 0 Å². The summed E-state index contributed by atoms with van der Waals surface area (Å²) in [6.07, 6.45) is -1.88. The summed E-state index contributed by atoms with van der Waals surface area (Å²) in [6, 6.07) is 7.31. The Hall–Kier alpha value is -2.66. The summed E-state index contributed by atoms with van der Waals surface area (Å²) in [6.45, 7) is 0.948. The monoisotopic (exact) mass is 392 g/mol. The van der Waals surface area contributed by atoms with Crippen molar-refractivity contribution in [2.75, 3.05) is 32.0 Å². The number of benzene rings is 1. The molecule has 2 heterocycles. The molecule has 1 aliphatic rings. The third-order valence-electron chi connectivity index (χ3n) is 4.85. The number of rotatable bonds is 5. The van der Waals surface area contributed by atoms with Gasteiger partial charge in [-0.25, -0.2) is 0 Å². The molecule has 28 heavy (non-hydrogen) atoms. The molecule has 1 saturated heterocycles. The van der Waals surface area contributed by atoms with E-state index in [1.165, 1.54) is 4.57 Å².